The zero-order valence-corrected chi connectivity index (χ0v) is 12.0. The molecule has 0 saturated heterocycles. The number of rotatable bonds is 2. The van der Waals surface area contributed by atoms with E-state index in [0.717, 1.165) is 12.2 Å². The quantitative estimate of drug-likeness (QED) is 0.867. The summed E-state index contributed by atoms with van der Waals surface area (Å²) in [5.74, 6) is 0.985. The molecular weight excluding hydrogens is 222 g/mol. The molecule has 100 valence electrons. The minimum Gasteiger partial charge on any atom is -0.489 e. The molecule has 2 atom stereocenters. The Labute approximate surface area is 111 Å². The van der Waals surface area contributed by atoms with Gasteiger partial charge in [-0.15, -0.1) is 0 Å². The minimum absolute atomic E-state index is 0.118. The second kappa shape index (κ2) is 4.93. The first-order valence-electron chi connectivity index (χ1n) is 6.90. The van der Waals surface area contributed by atoms with Gasteiger partial charge in [0, 0.05) is 6.04 Å². The molecule has 0 heterocycles. The lowest BCUT2D eigenvalue weighted by Gasteiger charge is -2.41. The second-order valence-electron chi connectivity index (χ2n) is 6.33. The van der Waals surface area contributed by atoms with Crippen LogP contribution in [0.15, 0.2) is 18.2 Å². The van der Waals surface area contributed by atoms with Crippen LogP contribution in [-0.4, -0.2) is 12.1 Å². The van der Waals surface area contributed by atoms with Crippen molar-refractivity contribution in [3.63, 3.8) is 0 Å². The van der Waals surface area contributed by atoms with Gasteiger partial charge in [0.25, 0.3) is 0 Å². The van der Waals surface area contributed by atoms with E-state index in [-0.39, 0.29) is 17.6 Å². The fourth-order valence-corrected chi connectivity index (χ4v) is 2.84. The number of benzene rings is 1. The van der Waals surface area contributed by atoms with Crippen LogP contribution in [0.25, 0.3) is 0 Å². The van der Waals surface area contributed by atoms with E-state index in [4.69, 9.17) is 10.5 Å². The summed E-state index contributed by atoms with van der Waals surface area (Å²) in [4.78, 5) is 0. The largest absolute Gasteiger partial charge is 0.489 e. The lowest BCUT2D eigenvalue weighted by atomic mass is 9.72. The van der Waals surface area contributed by atoms with Gasteiger partial charge in [-0.1, -0.05) is 31.5 Å². The molecule has 18 heavy (non-hydrogen) atoms. The van der Waals surface area contributed by atoms with Crippen molar-refractivity contribution in [2.45, 2.75) is 59.1 Å². The van der Waals surface area contributed by atoms with Gasteiger partial charge in [0.15, 0.2) is 0 Å². The average Bonchev–Trinajstić information content (AvgIpc) is 2.28. The second-order valence-corrected chi connectivity index (χ2v) is 6.33. The van der Waals surface area contributed by atoms with Crippen LogP contribution in [-0.2, 0) is 0 Å². The van der Waals surface area contributed by atoms with Crippen molar-refractivity contribution in [2.24, 2.45) is 11.1 Å². The zero-order chi connectivity index (χ0) is 13.3. The molecule has 1 aliphatic carbocycles. The van der Waals surface area contributed by atoms with Crippen molar-refractivity contribution in [2.75, 3.05) is 0 Å². The average molecular weight is 247 g/mol. The van der Waals surface area contributed by atoms with Gasteiger partial charge in [-0.3, -0.25) is 0 Å². The van der Waals surface area contributed by atoms with E-state index >= 15 is 0 Å². The lowest BCUT2D eigenvalue weighted by molar-refractivity contribution is 0.0563. The Balaban J connectivity index is 2.13. The molecule has 2 N–H and O–H groups in total. The number of hydrogen-bond donors (Lipinski definition) is 1. The maximum atomic E-state index is 6.36. The number of ether oxygens (including phenoxy) is 1. The maximum Gasteiger partial charge on any atom is 0.122 e. The first kappa shape index (κ1) is 13.4. The molecule has 1 fully saturated rings. The van der Waals surface area contributed by atoms with Crippen molar-refractivity contribution >= 4 is 0 Å². The Bertz CT molecular complexity index is 425. The molecule has 0 amide bonds. The summed E-state index contributed by atoms with van der Waals surface area (Å²) >= 11 is 0. The molecule has 0 radical (unpaired) electrons. The molecule has 0 spiro atoms. The van der Waals surface area contributed by atoms with Gasteiger partial charge in [-0.2, -0.15) is 0 Å². The fraction of sp³-hybridized carbons (Fsp3) is 0.625. The molecule has 1 aliphatic rings. The summed E-state index contributed by atoms with van der Waals surface area (Å²) in [6, 6.07) is 6.45. The van der Waals surface area contributed by atoms with Crippen molar-refractivity contribution in [1.29, 1.82) is 0 Å². The van der Waals surface area contributed by atoms with Crippen LogP contribution in [0, 0.1) is 19.3 Å². The Morgan fingerprint density at radius 3 is 2.67 bits per heavy atom. The molecule has 2 rings (SSSR count). The Morgan fingerprint density at radius 2 is 2.00 bits per heavy atom. The van der Waals surface area contributed by atoms with Crippen LogP contribution < -0.4 is 10.5 Å². The molecule has 2 nitrogen and oxygen atoms in total. The SMILES string of the molecule is Cc1ccc(OC2CCCC(C)(C)C2N)c(C)c1. The summed E-state index contributed by atoms with van der Waals surface area (Å²) in [6.45, 7) is 8.69. The van der Waals surface area contributed by atoms with Crippen LogP contribution in [0.2, 0.25) is 0 Å². The summed E-state index contributed by atoms with van der Waals surface area (Å²) < 4.78 is 6.16. The highest BCUT2D eigenvalue weighted by Crippen LogP contribution is 2.36. The highest BCUT2D eigenvalue weighted by Gasteiger charge is 2.37. The monoisotopic (exact) mass is 247 g/mol. The molecule has 0 bridgehead atoms. The minimum atomic E-state index is 0.118. The van der Waals surface area contributed by atoms with Crippen LogP contribution in [0.5, 0.6) is 5.75 Å². The van der Waals surface area contributed by atoms with E-state index < -0.39 is 0 Å². The molecule has 1 saturated carbocycles. The fourth-order valence-electron chi connectivity index (χ4n) is 2.84. The predicted molar refractivity (Wildman–Crippen MR) is 75.9 cm³/mol. The van der Waals surface area contributed by atoms with Gasteiger partial charge in [0.1, 0.15) is 11.9 Å². The van der Waals surface area contributed by atoms with Crippen LogP contribution in [0.3, 0.4) is 0 Å². The van der Waals surface area contributed by atoms with Gasteiger partial charge in [-0.05, 0) is 50.2 Å². The van der Waals surface area contributed by atoms with Gasteiger partial charge >= 0.3 is 0 Å². The first-order valence-corrected chi connectivity index (χ1v) is 6.90. The van der Waals surface area contributed by atoms with E-state index in [0.29, 0.717) is 0 Å². The third-order valence-corrected chi connectivity index (χ3v) is 4.22. The summed E-state index contributed by atoms with van der Waals surface area (Å²) in [5.41, 5.74) is 9.01. The maximum absolute atomic E-state index is 6.36. The van der Waals surface area contributed by atoms with E-state index in [1.165, 1.54) is 24.0 Å². The van der Waals surface area contributed by atoms with Gasteiger partial charge in [-0.25, -0.2) is 0 Å². The van der Waals surface area contributed by atoms with Crippen LogP contribution in [0.4, 0.5) is 0 Å². The van der Waals surface area contributed by atoms with Crippen molar-refractivity contribution < 1.29 is 4.74 Å². The van der Waals surface area contributed by atoms with Crippen LogP contribution in [0.1, 0.15) is 44.2 Å². The molecule has 0 aromatic heterocycles. The topological polar surface area (TPSA) is 35.2 Å². The Kier molecular flexibility index (Phi) is 3.67. The van der Waals surface area contributed by atoms with Crippen molar-refractivity contribution in [3.8, 4) is 5.75 Å². The number of hydrogen-bond acceptors (Lipinski definition) is 2. The van der Waals surface area contributed by atoms with Crippen molar-refractivity contribution in [1.82, 2.24) is 0 Å². The van der Waals surface area contributed by atoms with Gasteiger partial charge in [0.2, 0.25) is 0 Å². The smallest absolute Gasteiger partial charge is 0.122 e. The van der Waals surface area contributed by atoms with Gasteiger partial charge < -0.3 is 10.5 Å². The summed E-state index contributed by atoms with van der Waals surface area (Å²) in [5, 5.41) is 0. The van der Waals surface area contributed by atoms with E-state index in [2.05, 4.69) is 45.9 Å². The summed E-state index contributed by atoms with van der Waals surface area (Å²) in [6.07, 6.45) is 3.62. The zero-order valence-electron chi connectivity index (χ0n) is 12.0. The van der Waals surface area contributed by atoms with Gasteiger partial charge in [0.05, 0.1) is 0 Å². The lowest BCUT2D eigenvalue weighted by Crippen LogP contribution is -2.51. The highest BCUT2D eigenvalue weighted by atomic mass is 16.5. The summed E-state index contributed by atoms with van der Waals surface area (Å²) in [7, 11) is 0. The number of aryl methyl sites for hydroxylation is 2. The van der Waals surface area contributed by atoms with E-state index in [9.17, 15) is 0 Å². The highest BCUT2D eigenvalue weighted by molar-refractivity contribution is 5.36. The number of nitrogens with two attached hydrogens (primary N) is 1. The Morgan fingerprint density at radius 1 is 1.28 bits per heavy atom. The first-order chi connectivity index (χ1) is 8.40. The Hall–Kier alpha value is -1.02. The van der Waals surface area contributed by atoms with E-state index in [1.807, 2.05) is 0 Å². The molecule has 2 heteroatoms. The molecular formula is C16H25NO. The molecule has 1 aromatic carbocycles. The molecule has 0 aliphatic heterocycles. The standard InChI is InChI=1S/C16H25NO/c1-11-7-8-13(12(2)10-11)18-14-6-5-9-16(3,4)15(14)17/h7-8,10,14-15H,5-6,9,17H2,1-4H3. The molecule has 1 aromatic rings. The van der Waals surface area contributed by atoms with Crippen molar-refractivity contribution in [3.05, 3.63) is 29.3 Å². The third kappa shape index (κ3) is 2.69. The van der Waals surface area contributed by atoms with Crippen LogP contribution >= 0.6 is 0 Å². The normalized spacial score (nSPS) is 26.9. The third-order valence-electron chi connectivity index (χ3n) is 4.22. The van der Waals surface area contributed by atoms with E-state index in [1.54, 1.807) is 0 Å². The molecule has 2 unspecified atom stereocenters. The predicted octanol–water partition coefficient (Wildman–Crippen LogP) is 3.59.